The molecular formula is C21H19N3O5. The van der Waals surface area contributed by atoms with E-state index >= 15 is 0 Å². The molecule has 0 spiro atoms. The Balaban J connectivity index is 1.56. The summed E-state index contributed by atoms with van der Waals surface area (Å²) in [5.41, 5.74) is 4.87. The summed E-state index contributed by atoms with van der Waals surface area (Å²) in [6.07, 6.45) is 1.31. The highest BCUT2D eigenvalue weighted by atomic mass is 16.6. The van der Waals surface area contributed by atoms with Gasteiger partial charge in [-0.05, 0) is 55.3 Å². The summed E-state index contributed by atoms with van der Waals surface area (Å²) in [5.74, 6) is 0.856. The summed E-state index contributed by atoms with van der Waals surface area (Å²) in [4.78, 5) is 22.5. The Labute approximate surface area is 167 Å². The molecule has 0 saturated heterocycles. The van der Waals surface area contributed by atoms with Crippen molar-refractivity contribution in [2.45, 2.75) is 13.8 Å². The van der Waals surface area contributed by atoms with Crippen LogP contribution in [0.15, 0.2) is 64.1 Å². The van der Waals surface area contributed by atoms with Gasteiger partial charge in [0.2, 0.25) is 0 Å². The number of aryl methyl sites for hydroxylation is 2. The number of para-hydroxylation sites is 1. The number of amides is 1. The Bertz CT molecular complexity index is 1070. The second-order valence-corrected chi connectivity index (χ2v) is 6.30. The Morgan fingerprint density at radius 2 is 1.97 bits per heavy atom. The van der Waals surface area contributed by atoms with Crippen LogP contribution < -0.4 is 10.2 Å². The molecule has 8 heteroatoms. The van der Waals surface area contributed by atoms with Gasteiger partial charge in [-0.1, -0.05) is 18.2 Å². The highest BCUT2D eigenvalue weighted by Crippen LogP contribution is 2.30. The van der Waals surface area contributed by atoms with Crippen molar-refractivity contribution in [3.8, 4) is 17.1 Å². The molecule has 3 rings (SSSR count). The van der Waals surface area contributed by atoms with Crippen molar-refractivity contribution < 1.29 is 18.9 Å². The van der Waals surface area contributed by atoms with Crippen molar-refractivity contribution in [1.82, 2.24) is 5.43 Å². The molecule has 0 radical (unpaired) electrons. The average Bonchev–Trinajstić information content (AvgIpc) is 3.17. The van der Waals surface area contributed by atoms with Crippen LogP contribution in [0.25, 0.3) is 11.3 Å². The van der Waals surface area contributed by atoms with Crippen LogP contribution >= 0.6 is 0 Å². The van der Waals surface area contributed by atoms with Gasteiger partial charge in [0.25, 0.3) is 11.6 Å². The molecule has 1 N–H and O–H groups in total. The second kappa shape index (κ2) is 8.83. The molecular weight excluding hydrogens is 374 g/mol. The third kappa shape index (κ3) is 5.07. The van der Waals surface area contributed by atoms with E-state index < -0.39 is 10.8 Å². The van der Waals surface area contributed by atoms with E-state index in [1.165, 1.54) is 12.3 Å². The minimum Gasteiger partial charge on any atom is -0.484 e. The fraction of sp³-hybridized carbons (Fsp3) is 0.143. The second-order valence-electron chi connectivity index (χ2n) is 6.30. The molecule has 3 aromatic rings. The monoisotopic (exact) mass is 393 g/mol. The SMILES string of the molecule is Cc1ccc(OCC(=O)NN=Cc2ccc(-c3ccccc3[N+](=O)[O-])o2)cc1C. The predicted octanol–water partition coefficient (Wildman–Crippen LogP) is 4.00. The first-order valence-electron chi connectivity index (χ1n) is 8.79. The maximum Gasteiger partial charge on any atom is 0.280 e. The Kier molecular flexibility index (Phi) is 6.03. The maximum atomic E-state index is 11.8. The van der Waals surface area contributed by atoms with Crippen LogP contribution in [0.4, 0.5) is 5.69 Å². The van der Waals surface area contributed by atoms with E-state index in [4.69, 9.17) is 9.15 Å². The van der Waals surface area contributed by atoms with Crippen molar-refractivity contribution in [3.05, 3.63) is 81.6 Å². The summed E-state index contributed by atoms with van der Waals surface area (Å²) in [5, 5.41) is 14.9. The molecule has 0 aliphatic heterocycles. The van der Waals surface area contributed by atoms with Gasteiger partial charge in [-0.25, -0.2) is 5.43 Å². The molecule has 0 aliphatic carbocycles. The minimum atomic E-state index is -0.471. The largest absolute Gasteiger partial charge is 0.484 e. The zero-order valence-corrected chi connectivity index (χ0v) is 15.9. The molecule has 0 unspecified atom stereocenters. The van der Waals surface area contributed by atoms with Gasteiger partial charge < -0.3 is 9.15 Å². The zero-order chi connectivity index (χ0) is 20.8. The molecule has 0 saturated carbocycles. The number of hydrazone groups is 1. The number of rotatable bonds is 7. The van der Waals surface area contributed by atoms with E-state index in [0.29, 0.717) is 22.8 Å². The number of ether oxygens (including phenoxy) is 1. The highest BCUT2D eigenvalue weighted by molar-refractivity contribution is 5.82. The first kappa shape index (κ1) is 19.8. The smallest absolute Gasteiger partial charge is 0.280 e. The molecule has 2 aromatic carbocycles. The molecule has 8 nitrogen and oxygen atoms in total. The van der Waals surface area contributed by atoms with Gasteiger partial charge >= 0.3 is 0 Å². The van der Waals surface area contributed by atoms with Crippen LogP contribution in [0, 0.1) is 24.0 Å². The molecule has 29 heavy (non-hydrogen) atoms. The lowest BCUT2D eigenvalue weighted by Crippen LogP contribution is -2.24. The number of carbonyl (C=O) groups excluding carboxylic acids is 1. The minimum absolute atomic E-state index is 0.0536. The Hall–Kier alpha value is -3.94. The van der Waals surface area contributed by atoms with Crippen LogP contribution in [0.3, 0.4) is 0 Å². The van der Waals surface area contributed by atoms with E-state index in [9.17, 15) is 14.9 Å². The third-order valence-corrected chi connectivity index (χ3v) is 4.22. The zero-order valence-electron chi connectivity index (χ0n) is 15.9. The van der Waals surface area contributed by atoms with Gasteiger partial charge in [-0.2, -0.15) is 5.10 Å². The van der Waals surface area contributed by atoms with E-state index in [0.717, 1.165) is 11.1 Å². The van der Waals surface area contributed by atoms with Crippen LogP contribution in [0.2, 0.25) is 0 Å². The van der Waals surface area contributed by atoms with Crippen molar-refractivity contribution in [1.29, 1.82) is 0 Å². The summed E-state index contributed by atoms with van der Waals surface area (Å²) < 4.78 is 11.0. The van der Waals surface area contributed by atoms with Crippen LogP contribution in [0.1, 0.15) is 16.9 Å². The summed E-state index contributed by atoms with van der Waals surface area (Å²) in [6.45, 7) is 3.78. The number of nitrogens with zero attached hydrogens (tertiary/aromatic N) is 2. The van der Waals surface area contributed by atoms with Gasteiger partial charge in [0.15, 0.2) is 6.61 Å². The summed E-state index contributed by atoms with van der Waals surface area (Å²) >= 11 is 0. The standard InChI is InChI=1S/C21H19N3O5/c1-14-7-8-16(11-15(14)2)28-13-21(25)23-22-12-17-9-10-20(29-17)18-5-3-4-6-19(18)24(26)27/h3-12H,13H2,1-2H3,(H,23,25). The summed E-state index contributed by atoms with van der Waals surface area (Å²) in [7, 11) is 0. The van der Waals surface area contributed by atoms with Crippen molar-refractivity contribution in [3.63, 3.8) is 0 Å². The molecule has 0 bridgehead atoms. The van der Waals surface area contributed by atoms with Crippen molar-refractivity contribution >= 4 is 17.8 Å². The number of benzene rings is 2. The average molecular weight is 393 g/mol. The number of nitro groups is 1. The summed E-state index contributed by atoms with van der Waals surface area (Å²) in [6, 6.07) is 15.1. The molecule has 1 amide bonds. The normalized spacial score (nSPS) is 10.8. The van der Waals surface area contributed by atoms with Gasteiger partial charge in [0.05, 0.1) is 16.7 Å². The number of hydrogen-bond donors (Lipinski definition) is 1. The number of furan rings is 1. The van der Waals surface area contributed by atoms with Crippen LogP contribution in [-0.4, -0.2) is 23.7 Å². The van der Waals surface area contributed by atoms with E-state index in [1.54, 1.807) is 36.4 Å². The number of nitrogens with one attached hydrogen (secondary N) is 1. The molecule has 0 atom stereocenters. The fourth-order valence-electron chi connectivity index (χ4n) is 2.56. The van der Waals surface area contributed by atoms with Gasteiger partial charge in [-0.15, -0.1) is 0 Å². The van der Waals surface area contributed by atoms with E-state index in [2.05, 4.69) is 10.5 Å². The Morgan fingerprint density at radius 1 is 1.17 bits per heavy atom. The Morgan fingerprint density at radius 3 is 2.72 bits per heavy atom. The van der Waals surface area contributed by atoms with Gasteiger partial charge in [0.1, 0.15) is 17.3 Å². The molecule has 0 aliphatic rings. The first-order valence-corrected chi connectivity index (χ1v) is 8.79. The molecule has 1 heterocycles. The predicted molar refractivity (Wildman–Crippen MR) is 108 cm³/mol. The number of hydrogen-bond acceptors (Lipinski definition) is 6. The van der Waals surface area contributed by atoms with E-state index in [-0.39, 0.29) is 12.3 Å². The van der Waals surface area contributed by atoms with Crippen LogP contribution in [-0.2, 0) is 4.79 Å². The maximum absolute atomic E-state index is 11.8. The topological polar surface area (TPSA) is 107 Å². The lowest BCUT2D eigenvalue weighted by molar-refractivity contribution is -0.384. The van der Waals surface area contributed by atoms with Crippen molar-refractivity contribution in [2.75, 3.05) is 6.61 Å². The quantitative estimate of drug-likeness (QED) is 0.371. The van der Waals surface area contributed by atoms with Crippen LogP contribution in [0.5, 0.6) is 5.75 Å². The molecule has 1 aromatic heterocycles. The van der Waals surface area contributed by atoms with Crippen molar-refractivity contribution in [2.24, 2.45) is 5.10 Å². The lowest BCUT2D eigenvalue weighted by Gasteiger charge is -2.07. The molecule has 148 valence electrons. The van der Waals surface area contributed by atoms with Gasteiger partial charge in [-0.3, -0.25) is 14.9 Å². The van der Waals surface area contributed by atoms with Gasteiger partial charge in [0, 0.05) is 6.07 Å². The highest BCUT2D eigenvalue weighted by Gasteiger charge is 2.16. The molecule has 0 fully saturated rings. The lowest BCUT2D eigenvalue weighted by atomic mass is 10.1. The third-order valence-electron chi connectivity index (χ3n) is 4.22. The number of carbonyl (C=O) groups is 1. The first-order chi connectivity index (χ1) is 13.9. The fourth-order valence-corrected chi connectivity index (χ4v) is 2.56. The van der Waals surface area contributed by atoms with E-state index in [1.807, 2.05) is 26.0 Å². The number of nitro benzene ring substituents is 1.